The summed E-state index contributed by atoms with van der Waals surface area (Å²) in [5.74, 6) is 0. The highest BCUT2D eigenvalue weighted by molar-refractivity contribution is 7.85. The third-order valence-corrected chi connectivity index (χ3v) is 2.54. The van der Waals surface area contributed by atoms with Crippen molar-refractivity contribution in [2.45, 2.75) is 4.90 Å². The number of benzene rings is 1. The van der Waals surface area contributed by atoms with Gasteiger partial charge in [0.2, 0.25) is 0 Å². The maximum Gasteiger partial charge on any atom is 0.294 e. The number of rotatable bonds is 2. The predicted octanol–water partition coefficient (Wildman–Crippen LogP) is 0.568. The number of nitrogens with two attached hydrogens (primary N) is 1. The Hall–Kier alpha value is -0.980. The standard InChI is InChI=1S/C7H7NO3S2/c8-7(12)5-1-3-6(4-2-5)13(9,10)11/h1-4H,(H2,8,12)(H,9,10,11). The van der Waals surface area contributed by atoms with Gasteiger partial charge in [0.1, 0.15) is 4.99 Å². The van der Waals surface area contributed by atoms with Gasteiger partial charge in [-0.05, 0) is 12.1 Å². The van der Waals surface area contributed by atoms with Crippen LogP contribution >= 0.6 is 12.2 Å². The van der Waals surface area contributed by atoms with Crippen molar-refractivity contribution < 1.29 is 13.0 Å². The van der Waals surface area contributed by atoms with Crippen LogP contribution in [0.5, 0.6) is 0 Å². The van der Waals surface area contributed by atoms with Crippen molar-refractivity contribution in [1.82, 2.24) is 0 Å². The fourth-order valence-electron chi connectivity index (χ4n) is 0.791. The van der Waals surface area contributed by atoms with Crippen LogP contribution in [0.25, 0.3) is 0 Å². The largest absolute Gasteiger partial charge is 0.389 e. The molecular weight excluding hydrogens is 210 g/mol. The highest BCUT2D eigenvalue weighted by Gasteiger charge is 2.08. The maximum atomic E-state index is 10.6. The minimum atomic E-state index is -4.13. The van der Waals surface area contributed by atoms with Gasteiger partial charge in [0, 0.05) is 5.56 Å². The fourth-order valence-corrected chi connectivity index (χ4v) is 1.41. The molecule has 70 valence electrons. The summed E-state index contributed by atoms with van der Waals surface area (Å²) in [4.78, 5) is 0.00869. The molecule has 0 spiro atoms. The molecule has 0 heterocycles. The molecule has 6 heteroatoms. The quantitative estimate of drug-likeness (QED) is 0.559. The first-order valence-corrected chi connectivity index (χ1v) is 5.13. The summed E-state index contributed by atoms with van der Waals surface area (Å²) < 4.78 is 29.8. The van der Waals surface area contributed by atoms with Crippen molar-refractivity contribution >= 4 is 27.3 Å². The lowest BCUT2D eigenvalue weighted by Gasteiger charge is -1.99. The normalized spacial score (nSPS) is 11.2. The van der Waals surface area contributed by atoms with Crippen molar-refractivity contribution in [1.29, 1.82) is 0 Å². The monoisotopic (exact) mass is 217 g/mol. The Labute approximate surface area is 81.1 Å². The van der Waals surface area contributed by atoms with E-state index in [0.29, 0.717) is 5.56 Å². The van der Waals surface area contributed by atoms with Gasteiger partial charge in [0.05, 0.1) is 4.90 Å². The predicted molar refractivity (Wildman–Crippen MR) is 52.1 cm³/mol. The van der Waals surface area contributed by atoms with Crippen molar-refractivity contribution in [3.05, 3.63) is 29.8 Å². The summed E-state index contributed by atoms with van der Waals surface area (Å²) in [6.07, 6.45) is 0. The smallest absolute Gasteiger partial charge is 0.294 e. The Morgan fingerprint density at radius 3 is 2.08 bits per heavy atom. The Bertz CT molecular complexity index is 422. The van der Waals surface area contributed by atoms with Crippen LogP contribution in [-0.2, 0) is 10.1 Å². The molecule has 1 aromatic carbocycles. The van der Waals surface area contributed by atoms with Crippen molar-refractivity contribution in [2.75, 3.05) is 0 Å². The van der Waals surface area contributed by atoms with Gasteiger partial charge in [-0.1, -0.05) is 24.4 Å². The van der Waals surface area contributed by atoms with Crippen LogP contribution in [0.15, 0.2) is 29.2 Å². The van der Waals surface area contributed by atoms with Gasteiger partial charge in [-0.15, -0.1) is 0 Å². The first-order chi connectivity index (χ1) is 5.91. The molecule has 3 N–H and O–H groups in total. The molecule has 0 aliphatic carbocycles. The summed E-state index contributed by atoms with van der Waals surface area (Å²) in [5.41, 5.74) is 5.85. The number of thiocarbonyl (C=S) groups is 1. The van der Waals surface area contributed by atoms with Crippen LogP contribution < -0.4 is 5.73 Å². The second kappa shape index (κ2) is 3.41. The topological polar surface area (TPSA) is 80.4 Å². The van der Waals surface area contributed by atoms with E-state index in [1.807, 2.05) is 0 Å². The zero-order chi connectivity index (χ0) is 10.1. The lowest BCUT2D eigenvalue weighted by molar-refractivity contribution is 0.483. The van der Waals surface area contributed by atoms with E-state index >= 15 is 0 Å². The van der Waals surface area contributed by atoms with Crippen LogP contribution in [0.2, 0.25) is 0 Å². The van der Waals surface area contributed by atoms with Gasteiger partial charge >= 0.3 is 0 Å². The lowest BCUT2D eigenvalue weighted by Crippen LogP contribution is -2.09. The van der Waals surface area contributed by atoms with Gasteiger partial charge < -0.3 is 5.73 Å². The molecule has 1 rings (SSSR count). The second-order valence-corrected chi connectivity index (χ2v) is 4.23. The van der Waals surface area contributed by atoms with Crippen LogP contribution in [0.3, 0.4) is 0 Å². The first-order valence-electron chi connectivity index (χ1n) is 3.28. The summed E-state index contributed by atoms with van der Waals surface area (Å²) in [6, 6.07) is 5.35. The molecule has 0 fully saturated rings. The second-order valence-electron chi connectivity index (χ2n) is 2.36. The van der Waals surface area contributed by atoms with Gasteiger partial charge in [-0.25, -0.2) is 0 Å². The lowest BCUT2D eigenvalue weighted by atomic mass is 10.2. The molecule has 0 saturated heterocycles. The molecule has 1 aromatic rings. The van der Waals surface area contributed by atoms with E-state index in [4.69, 9.17) is 10.3 Å². The molecule has 0 atom stereocenters. The number of hydrogen-bond acceptors (Lipinski definition) is 3. The molecule has 0 amide bonds. The third-order valence-electron chi connectivity index (χ3n) is 1.44. The Kier molecular flexibility index (Phi) is 2.65. The van der Waals surface area contributed by atoms with E-state index in [1.165, 1.54) is 24.3 Å². The molecule has 0 aliphatic rings. The SMILES string of the molecule is NC(=S)c1ccc(S(=O)(=O)O)cc1. The van der Waals surface area contributed by atoms with E-state index in [2.05, 4.69) is 12.2 Å². The molecule has 0 aromatic heterocycles. The molecule has 4 nitrogen and oxygen atoms in total. The average molecular weight is 217 g/mol. The zero-order valence-electron chi connectivity index (χ0n) is 6.47. The molecule has 0 radical (unpaired) electrons. The molecule has 13 heavy (non-hydrogen) atoms. The van der Waals surface area contributed by atoms with Crippen LogP contribution in [0, 0.1) is 0 Å². The zero-order valence-corrected chi connectivity index (χ0v) is 8.10. The van der Waals surface area contributed by atoms with Crippen LogP contribution in [-0.4, -0.2) is 18.0 Å². The molecule has 0 saturated carbocycles. The van der Waals surface area contributed by atoms with E-state index in [1.54, 1.807) is 0 Å². The summed E-state index contributed by atoms with van der Waals surface area (Å²) in [5, 5.41) is 0. The van der Waals surface area contributed by atoms with Crippen molar-refractivity contribution in [2.24, 2.45) is 5.73 Å². The minimum absolute atomic E-state index is 0.174. The molecule has 0 aliphatic heterocycles. The van der Waals surface area contributed by atoms with Gasteiger partial charge in [-0.3, -0.25) is 4.55 Å². The van der Waals surface area contributed by atoms with Crippen LogP contribution in [0.1, 0.15) is 5.56 Å². The third kappa shape index (κ3) is 2.48. The number of hydrogen-bond donors (Lipinski definition) is 2. The Morgan fingerprint density at radius 2 is 1.77 bits per heavy atom. The highest BCUT2D eigenvalue weighted by atomic mass is 32.2. The van der Waals surface area contributed by atoms with E-state index in [-0.39, 0.29) is 9.88 Å². The van der Waals surface area contributed by atoms with Gasteiger partial charge in [-0.2, -0.15) is 8.42 Å². The minimum Gasteiger partial charge on any atom is -0.389 e. The fraction of sp³-hybridized carbons (Fsp3) is 0. The van der Waals surface area contributed by atoms with E-state index in [9.17, 15) is 8.42 Å². The highest BCUT2D eigenvalue weighted by Crippen LogP contribution is 2.09. The van der Waals surface area contributed by atoms with Crippen molar-refractivity contribution in [3.63, 3.8) is 0 Å². The summed E-state index contributed by atoms with van der Waals surface area (Å²) in [6.45, 7) is 0. The van der Waals surface area contributed by atoms with Gasteiger partial charge in [0.25, 0.3) is 10.1 Å². The van der Waals surface area contributed by atoms with Crippen LogP contribution in [0.4, 0.5) is 0 Å². The first kappa shape index (κ1) is 10.1. The molecular formula is C7H7NO3S2. The van der Waals surface area contributed by atoms with E-state index in [0.717, 1.165) is 0 Å². The summed E-state index contributed by atoms with van der Waals surface area (Å²) in [7, 11) is -4.13. The average Bonchev–Trinajstić information content (AvgIpc) is 2.03. The van der Waals surface area contributed by atoms with Crippen molar-refractivity contribution in [3.8, 4) is 0 Å². The van der Waals surface area contributed by atoms with Gasteiger partial charge in [0.15, 0.2) is 0 Å². The molecule has 0 unspecified atom stereocenters. The molecule has 0 bridgehead atoms. The maximum absolute atomic E-state index is 10.6. The summed E-state index contributed by atoms with van der Waals surface area (Å²) >= 11 is 4.66. The Balaban J connectivity index is 3.16. The van der Waals surface area contributed by atoms with E-state index < -0.39 is 10.1 Å². The Morgan fingerprint density at radius 1 is 1.31 bits per heavy atom.